The van der Waals surface area contributed by atoms with E-state index < -0.39 is 0 Å². The summed E-state index contributed by atoms with van der Waals surface area (Å²) in [5.74, 6) is 0.407. The van der Waals surface area contributed by atoms with Crippen molar-refractivity contribution in [2.45, 2.75) is 34.1 Å². The van der Waals surface area contributed by atoms with Gasteiger partial charge in [0.05, 0.1) is 6.21 Å². The van der Waals surface area contributed by atoms with E-state index in [2.05, 4.69) is 47.1 Å². The van der Waals surface area contributed by atoms with E-state index in [0.29, 0.717) is 5.75 Å². The van der Waals surface area contributed by atoms with E-state index >= 15 is 0 Å². The minimum atomic E-state index is -0.294. The molecule has 0 fully saturated rings. The van der Waals surface area contributed by atoms with Gasteiger partial charge in [-0.1, -0.05) is 31.2 Å². The largest absolute Gasteiger partial charge is 0.484 e. The fourth-order valence-corrected chi connectivity index (χ4v) is 3.36. The number of benzene rings is 2. The second kappa shape index (κ2) is 9.24. The van der Waals surface area contributed by atoms with E-state index in [9.17, 15) is 4.79 Å². The summed E-state index contributed by atoms with van der Waals surface area (Å²) < 4.78 is 7.77. The quantitative estimate of drug-likeness (QED) is 0.478. The zero-order valence-electron chi connectivity index (χ0n) is 17.4. The number of aromatic nitrogens is 1. The highest BCUT2D eigenvalue weighted by Crippen LogP contribution is 2.19. The average molecular weight is 389 g/mol. The Bertz CT molecular complexity index is 1020. The first-order chi connectivity index (χ1) is 14.0. The molecule has 0 saturated heterocycles. The Morgan fingerprint density at radius 1 is 1.10 bits per heavy atom. The van der Waals surface area contributed by atoms with E-state index in [1.54, 1.807) is 6.21 Å². The van der Waals surface area contributed by atoms with E-state index in [4.69, 9.17) is 4.74 Å². The van der Waals surface area contributed by atoms with Crippen LogP contribution in [0.4, 0.5) is 0 Å². The highest BCUT2D eigenvalue weighted by molar-refractivity contribution is 5.84. The first-order valence-corrected chi connectivity index (χ1v) is 9.77. The number of carbonyl (C=O) groups excluding carboxylic acids is 1. The molecule has 0 atom stereocenters. The minimum Gasteiger partial charge on any atom is -0.484 e. The highest BCUT2D eigenvalue weighted by Gasteiger charge is 2.09. The van der Waals surface area contributed by atoms with Crippen LogP contribution < -0.4 is 10.2 Å². The van der Waals surface area contributed by atoms with E-state index in [0.717, 1.165) is 34.6 Å². The predicted molar refractivity (Wildman–Crippen MR) is 117 cm³/mol. The molecule has 3 rings (SSSR count). The van der Waals surface area contributed by atoms with Crippen molar-refractivity contribution in [1.82, 2.24) is 9.99 Å². The molecule has 5 heteroatoms. The van der Waals surface area contributed by atoms with E-state index in [1.807, 2.05) is 50.2 Å². The summed E-state index contributed by atoms with van der Waals surface area (Å²) in [5, 5.41) is 4.10. The SMILES string of the molecule is CCc1cc(C)cc(OCC(=O)N/N=C/c2cc(C)n(-c3ccccc3)c2C)c1. The normalized spacial score (nSPS) is 11.0. The van der Waals surface area contributed by atoms with Crippen molar-refractivity contribution in [3.05, 3.63) is 82.7 Å². The summed E-state index contributed by atoms with van der Waals surface area (Å²) >= 11 is 0. The van der Waals surface area contributed by atoms with Crippen LogP contribution in [0.25, 0.3) is 5.69 Å². The summed E-state index contributed by atoms with van der Waals surface area (Å²) in [6.45, 7) is 8.12. The van der Waals surface area contributed by atoms with Crippen LogP contribution in [0.5, 0.6) is 5.75 Å². The fraction of sp³-hybridized carbons (Fsp3) is 0.250. The number of ether oxygens (including phenoxy) is 1. The number of carbonyl (C=O) groups is 1. The first-order valence-electron chi connectivity index (χ1n) is 9.77. The summed E-state index contributed by atoms with van der Waals surface area (Å²) in [7, 11) is 0. The lowest BCUT2D eigenvalue weighted by atomic mass is 10.1. The topological polar surface area (TPSA) is 55.6 Å². The third-order valence-electron chi connectivity index (χ3n) is 4.77. The molecule has 0 aliphatic rings. The molecule has 1 N–H and O–H groups in total. The smallest absolute Gasteiger partial charge is 0.277 e. The summed E-state index contributed by atoms with van der Waals surface area (Å²) in [6.07, 6.45) is 2.59. The predicted octanol–water partition coefficient (Wildman–Crippen LogP) is 4.49. The second-order valence-corrected chi connectivity index (χ2v) is 7.09. The van der Waals surface area contributed by atoms with Crippen LogP contribution in [0.2, 0.25) is 0 Å². The van der Waals surface area contributed by atoms with Crippen LogP contribution in [-0.4, -0.2) is 23.3 Å². The van der Waals surface area contributed by atoms with E-state index in [1.165, 1.54) is 5.56 Å². The molecule has 0 radical (unpaired) electrons. The van der Waals surface area contributed by atoms with Gasteiger partial charge in [-0.2, -0.15) is 5.10 Å². The molecule has 29 heavy (non-hydrogen) atoms. The van der Waals surface area contributed by atoms with Gasteiger partial charge in [0.25, 0.3) is 5.91 Å². The number of hydrazone groups is 1. The molecule has 1 heterocycles. The lowest BCUT2D eigenvalue weighted by molar-refractivity contribution is -0.123. The molecule has 0 bridgehead atoms. The van der Waals surface area contributed by atoms with Crippen LogP contribution in [-0.2, 0) is 11.2 Å². The van der Waals surface area contributed by atoms with Crippen molar-refractivity contribution in [2.75, 3.05) is 6.61 Å². The number of aryl methyl sites for hydroxylation is 3. The van der Waals surface area contributed by atoms with Crippen LogP contribution in [0.1, 0.15) is 35.0 Å². The molecular weight excluding hydrogens is 362 g/mol. The van der Waals surface area contributed by atoms with Gasteiger partial charge in [-0.25, -0.2) is 5.43 Å². The van der Waals surface area contributed by atoms with Gasteiger partial charge in [0.15, 0.2) is 6.61 Å². The standard InChI is InChI=1S/C24H27N3O2/c1-5-20-11-17(2)12-23(14-20)29-16-24(28)26-25-15-21-13-18(3)27(19(21)4)22-9-7-6-8-10-22/h6-15H,5,16H2,1-4H3,(H,26,28)/b25-15+. The molecule has 2 aromatic carbocycles. The maximum Gasteiger partial charge on any atom is 0.277 e. The molecule has 3 aromatic rings. The van der Waals surface area contributed by atoms with Crippen LogP contribution >= 0.6 is 0 Å². The second-order valence-electron chi connectivity index (χ2n) is 7.09. The Morgan fingerprint density at radius 2 is 1.86 bits per heavy atom. The number of hydrogen-bond acceptors (Lipinski definition) is 3. The number of amides is 1. The molecule has 0 unspecified atom stereocenters. The number of nitrogens with one attached hydrogen (secondary N) is 1. The first kappa shape index (κ1) is 20.4. The molecule has 0 saturated carbocycles. The Morgan fingerprint density at radius 3 is 2.59 bits per heavy atom. The Balaban J connectivity index is 1.60. The van der Waals surface area contributed by atoms with Crippen molar-refractivity contribution < 1.29 is 9.53 Å². The van der Waals surface area contributed by atoms with Crippen LogP contribution in [0.3, 0.4) is 0 Å². The van der Waals surface area contributed by atoms with Crippen molar-refractivity contribution in [2.24, 2.45) is 5.10 Å². The van der Waals surface area contributed by atoms with Gasteiger partial charge in [-0.15, -0.1) is 0 Å². The Kier molecular flexibility index (Phi) is 6.50. The molecular formula is C24H27N3O2. The lowest BCUT2D eigenvalue weighted by Gasteiger charge is -2.09. The molecule has 0 spiro atoms. The zero-order valence-corrected chi connectivity index (χ0v) is 17.4. The molecule has 0 aliphatic carbocycles. The third kappa shape index (κ3) is 5.13. The van der Waals surface area contributed by atoms with E-state index in [-0.39, 0.29) is 12.5 Å². The molecule has 1 aromatic heterocycles. The average Bonchev–Trinajstić information content (AvgIpc) is 3.00. The Labute approximate surface area is 172 Å². The number of hydrogen-bond donors (Lipinski definition) is 1. The van der Waals surface area contributed by atoms with Crippen LogP contribution in [0, 0.1) is 20.8 Å². The zero-order chi connectivity index (χ0) is 20.8. The summed E-state index contributed by atoms with van der Waals surface area (Å²) in [5.41, 5.74) is 9.07. The van der Waals surface area contributed by atoms with Crippen molar-refractivity contribution in [1.29, 1.82) is 0 Å². The number of para-hydroxylation sites is 1. The van der Waals surface area contributed by atoms with Crippen molar-refractivity contribution in [3.8, 4) is 11.4 Å². The number of nitrogens with zero attached hydrogens (tertiary/aromatic N) is 2. The molecule has 0 aliphatic heterocycles. The monoisotopic (exact) mass is 389 g/mol. The van der Waals surface area contributed by atoms with Crippen molar-refractivity contribution >= 4 is 12.1 Å². The fourth-order valence-electron chi connectivity index (χ4n) is 3.36. The van der Waals surface area contributed by atoms with Crippen molar-refractivity contribution in [3.63, 3.8) is 0 Å². The van der Waals surface area contributed by atoms with Gasteiger partial charge in [0.2, 0.25) is 0 Å². The summed E-state index contributed by atoms with van der Waals surface area (Å²) in [6, 6.07) is 18.2. The maximum absolute atomic E-state index is 12.1. The van der Waals surface area contributed by atoms with Gasteiger partial charge in [0, 0.05) is 22.6 Å². The molecule has 1 amide bonds. The number of rotatable bonds is 7. The van der Waals surface area contributed by atoms with Crippen LogP contribution in [0.15, 0.2) is 59.7 Å². The van der Waals surface area contributed by atoms with Gasteiger partial charge < -0.3 is 9.30 Å². The highest BCUT2D eigenvalue weighted by atomic mass is 16.5. The third-order valence-corrected chi connectivity index (χ3v) is 4.77. The van der Waals surface area contributed by atoms with Gasteiger partial charge in [0.1, 0.15) is 5.75 Å². The molecule has 150 valence electrons. The van der Waals surface area contributed by atoms with Gasteiger partial charge in [-0.05, 0) is 68.7 Å². The lowest BCUT2D eigenvalue weighted by Crippen LogP contribution is -2.24. The van der Waals surface area contributed by atoms with Gasteiger partial charge in [-0.3, -0.25) is 4.79 Å². The Hall–Kier alpha value is -3.34. The maximum atomic E-state index is 12.1. The van der Waals surface area contributed by atoms with Gasteiger partial charge >= 0.3 is 0 Å². The summed E-state index contributed by atoms with van der Waals surface area (Å²) in [4.78, 5) is 12.1. The minimum absolute atomic E-state index is 0.0764. The molecule has 5 nitrogen and oxygen atoms in total.